The van der Waals surface area contributed by atoms with E-state index in [0.717, 1.165) is 22.2 Å². The number of pyridine rings is 3. The molecule has 0 aliphatic heterocycles. The molecule has 0 unspecified atom stereocenters. The highest BCUT2D eigenvalue weighted by atomic mass is 35.5. The smallest absolute Gasteiger partial charge is 0.311 e. The van der Waals surface area contributed by atoms with Crippen LogP contribution in [0.4, 0.5) is 10.5 Å². The highest BCUT2D eigenvalue weighted by Gasteiger charge is 2.15. The van der Waals surface area contributed by atoms with Crippen LogP contribution in [0, 0.1) is 13.8 Å². The largest absolute Gasteiger partial charge is 0.326 e. The van der Waals surface area contributed by atoms with Crippen LogP contribution in [0.25, 0.3) is 22.0 Å². The van der Waals surface area contributed by atoms with Gasteiger partial charge in [-0.2, -0.15) is 0 Å². The summed E-state index contributed by atoms with van der Waals surface area (Å²) in [6, 6.07) is 11.1. The lowest BCUT2D eigenvalue weighted by atomic mass is 9.99. The zero-order chi connectivity index (χ0) is 23.7. The van der Waals surface area contributed by atoms with Crippen LogP contribution in [-0.2, 0) is 7.05 Å². The van der Waals surface area contributed by atoms with E-state index in [9.17, 15) is 14.4 Å². The number of carbonyl (C=O) groups is 2. The molecule has 3 aromatic heterocycles. The van der Waals surface area contributed by atoms with Gasteiger partial charge in [-0.3, -0.25) is 19.9 Å². The normalized spacial score (nSPS) is 10.8. The number of nitrogens with zero attached hydrogens (tertiary/aromatic N) is 3. The van der Waals surface area contributed by atoms with Crippen molar-refractivity contribution in [1.29, 1.82) is 0 Å². The first-order chi connectivity index (χ1) is 15.7. The molecule has 0 aliphatic carbocycles. The summed E-state index contributed by atoms with van der Waals surface area (Å²) in [4.78, 5) is 45.8. The van der Waals surface area contributed by atoms with E-state index < -0.39 is 11.9 Å². The average Bonchev–Trinajstić information content (AvgIpc) is 2.78. The van der Waals surface area contributed by atoms with E-state index in [1.54, 1.807) is 42.1 Å². The van der Waals surface area contributed by atoms with Gasteiger partial charge in [-0.1, -0.05) is 17.7 Å². The zero-order valence-corrected chi connectivity index (χ0v) is 18.9. The van der Waals surface area contributed by atoms with Gasteiger partial charge in [-0.25, -0.2) is 9.78 Å². The Labute approximate surface area is 194 Å². The minimum atomic E-state index is -0.712. The lowest BCUT2D eigenvalue weighted by Gasteiger charge is -2.13. The van der Waals surface area contributed by atoms with Crippen LogP contribution < -0.4 is 16.2 Å². The van der Waals surface area contributed by atoms with E-state index in [1.165, 1.54) is 18.3 Å². The number of nitrogens with one attached hydrogen (secondary N) is 2. The standard InChI is InChI=1S/C24H20ClN5O3/c1-13-4-6-17(28-24(33)29-22(31)15-5-7-21(25)27-11-15)10-18(13)19-9-16-12-26-14(2)8-20(16)30(3)23(19)32/h4-12H,1-3H3,(H2,28,29,31,33). The van der Waals surface area contributed by atoms with Gasteiger partial charge in [0.1, 0.15) is 5.15 Å². The van der Waals surface area contributed by atoms with Crippen molar-refractivity contribution in [2.45, 2.75) is 13.8 Å². The van der Waals surface area contributed by atoms with Gasteiger partial charge in [0.15, 0.2) is 0 Å². The SMILES string of the molecule is Cc1cc2c(cn1)cc(-c1cc(NC(=O)NC(=O)c3ccc(Cl)nc3)ccc1C)c(=O)n2C. The monoisotopic (exact) mass is 461 g/mol. The number of amides is 3. The van der Waals surface area contributed by atoms with Gasteiger partial charge in [-0.05, 0) is 61.4 Å². The van der Waals surface area contributed by atoms with E-state index in [0.29, 0.717) is 16.8 Å². The minimum Gasteiger partial charge on any atom is -0.311 e. The number of aromatic nitrogens is 3. The molecule has 3 amide bonds. The van der Waals surface area contributed by atoms with Gasteiger partial charge >= 0.3 is 6.03 Å². The molecule has 0 saturated heterocycles. The quantitative estimate of drug-likeness (QED) is 0.444. The lowest BCUT2D eigenvalue weighted by molar-refractivity contribution is 0.0967. The number of carbonyl (C=O) groups excluding carboxylic acids is 2. The number of urea groups is 1. The summed E-state index contributed by atoms with van der Waals surface area (Å²) < 4.78 is 1.59. The number of hydrogen-bond acceptors (Lipinski definition) is 5. The van der Waals surface area contributed by atoms with Gasteiger partial charge in [0.2, 0.25) is 0 Å². The Balaban J connectivity index is 1.62. The number of benzene rings is 1. The number of anilines is 1. The third-order valence-corrected chi connectivity index (χ3v) is 5.47. The first kappa shape index (κ1) is 22.2. The topological polar surface area (TPSA) is 106 Å². The Bertz CT molecular complexity index is 1460. The first-order valence-electron chi connectivity index (χ1n) is 10.0. The summed E-state index contributed by atoms with van der Waals surface area (Å²) in [5.41, 5.74) is 4.09. The van der Waals surface area contributed by atoms with Crippen molar-refractivity contribution in [2.24, 2.45) is 7.05 Å². The number of halogens is 1. The van der Waals surface area contributed by atoms with Gasteiger partial charge in [0, 0.05) is 41.8 Å². The molecule has 3 heterocycles. The first-order valence-corrected chi connectivity index (χ1v) is 10.4. The van der Waals surface area contributed by atoms with E-state index >= 15 is 0 Å². The number of imide groups is 1. The molecule has 0 saturated carbocycles. The van der Waals surface area contributed by atoms with Crippen LogP contribution in [-0.4, -0.2) is 26.5 Å². The van der Waals surface area contributed by atoms with Gasteiger partial charge in [0.25, 0.3) is 11.5 Å². The molecule has 0 atom stereocenters. The molecule has 4 rings (SSSR count). The fraction of sp³-hybridized carbons (Fsp3) is 0.125. The Kier molecular flexibility index (Phi) is 5.93. The van der Waals surface area contributed by atoms with Crippen LogP contribution in [0.15, 0.2) is 59.7 Å². The van der Waals surface area contributed by atoms with Crippen LogP contribution in [0.5, 0.6) is 0 Å². The van der Waals surface area contributed by atoms with Gasteiger partial charge in [0.05, 0.1) is 11.1 Å². The van der Waals surface area contributed by atoms with Crippen molar-refractivity contribution < 1.29 is 9.59 Å². The molecule has 9 heteroatoms. The number of hydrogen-bond donors (Lipinski definition) is 2. The van der Waals surface area contributed by atoms with Crippen molar-refractivity contribution in [3.63, 3.8) is 0 Å². The summed E-state index contributed by atoms with van der Waals surface area (Å²) in [7, 11) is 1.72. The van der Waals surface area contributed by atoms with Gasteiger partial charge < -0.3 is 9.88 Å². The zero-order valence-electron chi connectivity index (χ0n) is 18.1. The molecule has 0 fully saturated rings. The van der Waals surface area contributed by atoms with Crippen molar-refractivity contribution in [1.82, 2.24) is 19.9 Å². The molecule has 8 nitrogen and oxygen atoms in total. The van der Waals surface area contributed by atoms with Crippen molar-refractivity contribution in [2.75, 3.05) is 5.32 Å². The minimum absolute atomic E-state index is 0.164. The number of rotatable bonds is 3. The van der Waals surface area contributed by atoms with Gasteiger partial charge in [-0.15, -0.1) is 0 Å². The highest BCUT2D eigenvalue weighted by Crippen LogP contribution is 2.27. The molecule has 33 heavy (non-hydrogen) atoms. The second-order valence-corrected chi connectivity index (χ2v) is 8.00. The van der Waals surface area contributed by atoms with Crippen molar-refractivity contribution in [3.8, 4) is 11.1 Å². The molecule has 4 aromatic rings. The van der Waals surface area contributed by atoms with E-state index in [1.807, 2.05) is 19.9 Å². The summed E-state index contributed by atoms with van der Waals surface area (Å²) in [6.07, 6.45) is 3.01. The molecular formula is C24H20ClN5O3. The molecular weight excluding hydrogens is 442 g/mol. The fourth-order valence-corrected chi connectivity index (χ4v) is 3.61. The maximum Gasteiger partial charge on any atom is 0.326 e. The van der Waals surface area contributed by atoms with E-state index in [4.69, 9.17) is 11.6 Å². The van der Waals surface area contributed by atoms with E-state index in [-0.39, 0.29) is 16.3 Å². The number of fused-ring (bicyclic) bond motifs is 1. The van der Waals surface area contributed by atoms with Crippen molar-refractivity contribution in [3.05, 3.63) is 87.2 Å². The Morgan fingerprint density at radius 3 is 2.48 bits per heavy atom. The van der Waals surface area contributed by atoms with Crippen LogP contribution >= 0.6 is 11.6 Å². The lowest BCUT2D eigenvalue weighted by Crippen LogP contribution is -2.34. The molecule has 0 bridgehead atoms. The number of aryl methyl sites for hydroxylation is 3. The third-order valence-electron chi connectivity index (χ3n) is 5.25. The summed E-state index contributed by atoms with van der Waals surface area (Å²) in [5.74, 6) is -0.616. The Hall–Kier alpha value is -4.04. The van der Waals surface area contributed by atoms with Crippen molar-refractivity contribution >= 4 is 40.1 Å². The Morgan fingerprint density at radius 1 is 0.970 bits per heavy atom. The molecule has 0 spiro atoms. The Morgan fingerprint density at radius 2 is 1.76 bits per heavy atom. The molecule has 0 aliphatic rings. The third kappa shape index (κ3) is 4.61. The van der Waals surface area contributed by atoms with Crippen LogP contribution in [0.2, 0.25) is 5.15 Å². The molecule has 1 aromatic carbocycles. The molecule has 0 radical (unpaired) electrons. The average molecular weight is 462 g/mol. The van der Waals surface area contributed by atoms with Crippen LogP contribution in [0.1, 0.15) is 21.6 Å². The summed E-state index contributed by atoms with van der Waals surface area (Å²) in [6.45, 7) is 3.75. The van der Waals surface area contributed by atoms with Crippen LogP contribution in [0.3, 0.4) is 0 Å². The maximum atomic E-state index is 13.1. The predicted octanol–water partition coefficient (Wildman–Crippen LogP) is 4.23. The summed E-state index contributed by atoms with van der Waals surface area (Å²) in [5, 5.41) is 5.95. The second kappa shape index (κ2) is 8.84. The highest BCUT2D eigenvalue weighted by molar-refractivity contribution is 6.29. The maximum absolute atomic E-state index is 13.1. The molecule has 166 valence electrons. The van der Waals surface area contributed by atoms with E-state index in [2.05, 4.69) is 20.6 Å². The fourth-order valence-electron chi connectivity index (χ4n) is 3.50. The molecule has 2 N–H and O–H groups in total. The predicted molar refractivity (Wildman–Crippen MR) is 128 cm³/mol. The second-order valence-electron chi connectivity index (χ2n) is 7.61. The summed E-state index contributed by atoms with van der Waals surface area (Å²) >= 11 is 5.72.